The predicted molar refractivity (Wildman–Crippen MR) is 87.8 cm³/mol. The molecule has 0 spiro atoms. The number of hydrogen-bond acceptors (Lipinski definition) is 5. The number of ether oxygens (including phenoxy) is 2. The molecule has 1 amide bonds. The summed E-state index contributed by atoms with van der Waals surface area (Å²) < 4.78 is 12.1. The van der Waals surface area contributed by atoms with Crippen LogP contribution in [0.25, 0.3) is 0 Å². The van der Waals surface area contributed by atoms with Gasteiger partial charge in [-0.2, -0.15) is 5.10 Å². The van der Waals surface area contributed by atoms with Gasteiger partial charge in [0.25, 0.3) is 5.91 Å². The van der Waals surface area contributed by atoms with Crippen LogP contribution in [0.4, 0.5) is 0 Å². The molecule has 24 heavy (non-hydrogen) atoms. The smallest absolute Gasteiger partial charge is 0.272 e. The van der Waals surface area contributed by atoms with Crippen molar-refractivity contribution < 1.29 is 14.3 Å². The lowest BCUT2D eigenvalue weighted by molar-refractivity contribution is -0.0782. The van der Waals surface area contributed by atoms with E-state index in [1.54, 1.807) is 12.3 Å². The Balaban J connectivity index is 1.38. The minimum atomic E-state index is -0.0234. The summed E-state index contributed by atoms with van der Waals surface area (Å²) in [6, 6.07) is 1.84. The number of carbonyl (C=O) groups is 1. The number of carbonyl (C=O) groups excluding carboxylic acids is 1. The molecule has 3 fully saturated rings. The van der Waals surface area contributed by atoms with Crippen molar-refractivity contribution in [1.29, 1.82) is 0 Å². The number of aromatic nitrogens is 2. The van der Waals surface area contributed by atoms with Crippen LogP contribution >= 0.6 is 0 Å². The summed E-state index contributed by atoms with van der Waals surface area (Å²) in [5.74, 6) is -0.00126. The van der Waals surface area contributed by atoms with Gasteiger partial charge in [0.2, 0.25) is 0 Å². The lowest BCUT2D eigenvalue weighted by Crippen LogP contribution is -2.44. The maximum atomic E-state index is 12.7. The molecule has 0 unspecified atom stereocenters. The Morgan fingerprint density at radius 2 is 2.25 bits per heavy atom. The Labute approximate surface area is 142 Å². The zero-order chi connectivity index (χ0) is 16.4. The normalized spacial score (nSPS) is 30.7. The van der Waals surface area contributed by atoms with Gasteiger partial charge in [0.15, 0.2) is 0 Å². The number of amides is 1. The zero-order valence-electron chi connectivity index (χ0n) is 14.0. The van der Waals surface area contributed by atoms with E-state index in [9.17, 15) is 4.79 Å². The van der Waals surface area contributed by atoms with Crippen molar-refractivity contribution in [3.8, 4) is 0 Å². The van der Waals surface area contributed by atoms with E-state index in [0.29, 0.717) is 18.8 Å². The van der Waals surface area contributed by atoms with Crippen LogP contribution in [0.15, 0.2) is 12.3 Å². The predicted octanol–water partition coefficient (Wildman–Crippen LogP) is 0.894. The fraction of sp³-hybridized carbons (Fsp3) is 0.765. The highest BCUT2D eigenvalue weighted by molar-refractivity contribution is 5.92. The van der Waals surface area contributed by atoms with Crippen LogP contribution in [0.1, 0.15) is 36.2 Å². The van der Waals surface area contributed by atoms with Crippen LogP contribution in [0.3, 0.4) is 0 Å². The van der Waals surface area contributed by atoms with Crippen molar-refractivity contribution in [2.75, 3.05) is 39.4 Å². The first kappa shape index (κ1) is 16.1. The standard InChI is InChI=1S/C17H26N4O3/c22-17(13-5-6-18-19-13)21-12-15(16-14(21)4-3-10-24-16)23-11-9-20-7-1-2-8-20/h5-6,14-16H,1-4,7-12H2,(H,18,19)/t14-,15+,16+/m1/s1. The molecule has 7 heteroatoms. The molecule has 1 N–H and O–H groups in total. The van der Waals surface area contributed by atoms with E-state index in [4.69, 9.17) is 9.47 Å². The average molecular weight is 334 g/mol. The van der Waals surface area contributed by atoms with Crippen molar-refractivity contribution in [2.45, 2.75) is 43.9 Å². The second-order valence-corrected chi connectivity index (χ2v) is 6.93. The van der Waals surface area contributed by atoms with Crippen LogP contribution in [0, 0.1) is 0 Å². The molecule has 3 saturated heterocycles. The largest absolute Gasteiger partial charge is 0.373 e. The van der Waals surface area contributed by atoms with Gasteiger partial charge >= 0.3 is 0 Å². The van der Waals surface area contributed by atoms with Gasteiger partial charge in [0, 0.05) is 19.3 Å². The maximum Gasteiger partial charge on any atom is 0.272 e. The molecule has 0 radical (unpaired) electrons. The topological polar surface area (TPSA) is 70.7 Å². The molecule has 3 atom stereocenters. The number of nitrogens with one attached hydrogen (secondary N) is 1. The first-order valence-corrected chi connectivity index (χ1v) is 9.09. The summed E-state index contributed by atoms with van der Waals surface area (Å²) in [4.78, 5) is 17.1. The van der Waals surface area contributed by atoms with Crippen molar-refractivity contribution in [3.63, 3.8) is 0 Å². The molecule has 7 nitrogen and oxygen atoms in total. The third kappa shape index (κ3) is 3.20. The zero-order valence-corrected chi connectivity index (χ0v) is 14.0. The van der Waals surface area contributed by atoms with Crippen LogP contribution < -0.4 is 0 Å². The molecular weight excluding hydrogens is 308 g/mol. The van der Waals surface area contributed by atoms with Crippen molar-refractivity contribution in [3.05, 3.63) is 18.0 Å². The maximum absolute atomic E-state index is 12.7. The molecule has 0 aliphatic carbocycles. The molecule has 1 aromatic heterocycles. The molecule has 3 aliphatic heterocycles. The van der Waals surface area contributed by atoms with Gasteiger partial charge in [-0.15, -0.1) is 0 Å². The summed E-state index contributed by atoms with van der Waals surface area (Å²) in [5.41, 5.74) is 0.539. The average Bonchev–Trinajstić information content (AvgIpc) is 3.36. The van der Waals surface area contributed by atoms with Gasteiger partial charge in [0.05, 0.1) is 19.2 Å². The summed E-state index contributed by atoms with van der Waals surface area (Å²) >= 11 is 0. The quantitative estimate of drug-likeness (QED) is 0.866. The van der Waals surface area contributed by atoms with Crippen molar-refractivity contribution in [2.24, 2.45) is 0 Å². The second kappa shape index (κ2) is 7.21. The van der Waals surface area contributed by atoms with Crippen molar-refractivity contribution in [1.82, 2.24) is 20.0 Å². The summed E-state index contributed by atoms with van der Waals surface area (Å²) in [6.45, 7) is 5.42. The van der Waals surface area contributed by atoms with Crippen LogP contribution in [0.5, 0.6) is 0 Å². The number of H-pyrrole nitrogens is 1. The summed E-state index contributed by atoms with van der Waals surface area (Å²) in [7, 11) is 0. The second-order valence-electron chi connectivity index (χ2n) is 6.93. The third-order valence-corrected chi connectivity index (χ3v) is 5.41. The van der Waals surface area contributed by atoms with Crippen LogP contribution in [-0.4, -0.2) is 83.5 Å². The first-order chi connectivity index (χ1) is 11.8. The van der Waals surface area contributed by atoms with E-state index in [-0.39, 0.29) is 24.2 Å². The van der Waals surface area contributed by atoms with Crippen LogP contribution in [0.2, 0.25) is 0 Å². The SMILES string of the molecule is O=C(c1ccn[nH]1)N1C[C@H](OCCN2CCCC2)[C@H]2OCCC[C@H]21. The Morgan fingerprint density at radius 1 is 1.38 bits per heavy atom. The van der Waals surface area contributed by atoms with E-state index >= 15 is 0 Å². The van der Waals surface area contributed by atoms with Crippen molar-refractivity contribution >= 4 is 5.91 Å². The Morgan fingerprint density at radius 3 is 3.04 bits per heavy atom. The highest BCUT2D eigenvalue weighted by Crippen LogP contribution is 2.31. The third-order valence-electron chi connectivity index (χ3n) is 5.41. The Bertz CT molecular complexity index is 544. The summed E-state index contributed by atoms with van der Waals surface area (Å²) in [5, 5.41) is 6.67. The van der Waals surface area contributed by atoms with Gasteiger partial charge in [-0.05, 0) is 44.8 Å². The number of likely N-dealkylation sites (tertiary alicyclic amines) is 2. The molecule has 4 rings (SSSR count). The fourth-order valence-electron chi connectivity index (χ4n) is 4.16. The van der Waals surface area contributed by atoms with E-state index in [2.05, 4.69) is 15.1 Å². The Kier molecular flexibility index (Phi) is 4.82. The number of nitrogens with zero attached hydrogens (tertiary/aromatic N) is 3. The molecule has 3 aliphatic rings. The first-order valence-electron chi connectivity index (χ1n) is 9.09. The highest BCUT2D eigenvalue weighted by Gasteiger charge is 2.47. The molecule has 4 heterocycles. The molecule has 0 aromatic carbocycles. The van der Waals surface area contributed by atoms with E-state index in [0.717, 1.165) is 26.0 Å². The number of rotatable bonds is 5. The van der Waals surface area contributed by atoms with Gasteiger partial charge in [-0.1, -0.05) is 0 Å². The van der Waals surface area contributed by atoms with E-state index < -0.39 is 0 Å². The van der Waals surface area contributed by atoms with Crippen LogP contribution in [-0.2, 0) is 9.47 Å². The van der Waals surface area contributed by atoms with Gasteiger partial charge in [0.1, 0.15) is 17.9 Å². The number of fused-ring (bicyclic) bond motifs is 1. The van der Waals surface area contributed by atoms with Gasteiger partial charge < -0.3 is 19.3 Å². The monoisotopic (exact) mass is 334 g/mol. The molecular formula is C17H26N4O3. The molecule has 0 bridgehead atoms. The number of hydrogen-bond donors (Lipinski definition) is 1. The molecule has 0 saturated carbocycles. The minimum absolute atomic E-state index is 0.00126. The fourth-order valence-corrected chi connectivity index (χ4v) is 4.16. The van der Waals surface area contributed by atoms with E-state index in [1.165, 1.54) is 25.9 Å². The summed E-state index contributed by atoms with van der Waals surface area (Å²) in [6.07, 6.45) is 6.16. The van der Waals surface area contributed by atoms with Gasteiger partial charge in [-0.25, -0.2) is 0 Å². The Hall–Kier alpha value is -1.44. The molecule has 1 aromatic rings. The lowest BCUT2D eigenvalue weighted by atomic mass is 10.0. The van der Waals surface area contributed by atoms with Gasteiger partial charge in [-0.3, -0.25) is 9.89 Å². The number of aromatic amines is 1. The highest BCUT2D eigenvalue weighted by atomic mass is 16.5. The van der Waals surface area contributed by atoms with E-state index in [1.807, 2.05) is 4.90 Å². The lowest BCUT2D eigenvalue weighted by Gasteiger charge is -2.32. The minimum Gasteiger partial charge on any atom is -0.373 e. The molecule has 132 valence electrons.